The highest BCUT2D eigenvalue weighted by Crippen LogP contribution is 2.48. The molecule has 222 valence electrons. The number of fused-ring (bicyclic) bond motifs is 1. The molecule has 0 spiro atoms. The van der Waals surface area contributed by atoms with E-state index < -0.39 is 0 Å². The fourth-order valence-electron chi connectivity index (χ4n) is 6.52. The molecule has 0 atom stereocenters. The molecule has 0 bridgehead atoms. The van der Waals surface area contributed by atoms with E-state index in [-0.39, 0.29) is 10.8 Å². The van der Waals surface area contributed by atoms with Gasteiger partial charge in [-0.25, -0.2) is 0 Å². The second-order valence-electron chi connectivity index (χ2n) is 12.8. The van der Waals surface area contributed by atoms with Crippen molar-refractivity contribution < 1.29 is 0 Å². The third-order valence-electron chi connectivity index (χ3n) is 9.24. The van der Waals surface area contributed by atoms with E-state index >= 15 is 0 Å². The summed E-state index contributed by atoms with van der Waals surface area (Å²) in [6.45, 7) is 19.2. The average molecular weight is 587 g/mol. The topological polar surface area (TPSA) is 29.3 Å². The van der Waals surface area contributed by atoms with Crippen molar-refractivity contribution in [3.63, 3.8) is 0 Å². The predicted octanol–water partition coefficient (Wildman–Crippen LogP) is 10.8. The average Bonchev–Trinajstić information content (AvgIpc) is 3.22. The normalized spacial score (nSPS) is 18.6. The van der Waals surface area contributed by atoms with Crippen LogP contribution >= 0.6 is 11.8 Å². The van der Waals surface area contributed by atoms with Crippen molar-refractivity contribution in [2.45, 2.75) is 76.5 Å². The van der Waals surface area contributed by atoms with Crippen molar-refractivity contribution in [3.05, 3.63) is 148 Å². The summed E-state index contributed by atoms with van der Waals surface area (Å²) in [7, 11) is 0. The van der Waals surface area contributed by atoms with Gasteiger partial charge in [-0.3, -0.25) is 0 Å². The second kappa shape index (κ2) is 12.5. The molecule has 1 aliphatic heterocycles. The SMILES string of the molecule is C=C(/C=C/C1=C(Sc2ccc(N)cc2)C(=C/C=C2/N(CC)c3ccccc3C2(C)C)/CCC1)C(C)(C)c1ccccc1C. The van der Waals surface area contributed by atoms with Crippen molar-refractivity contribution in [2.75, 3.05) is 17.2 Å². The van der Waals surface area contributed by atoms with Crippen molar-refractivity contribution in [3.8, 4) is 0 Å². The van der Waals surface area contributed by atoms with Crippen LogP contribution in [0.15, 0.2) is 136 Å². The second-order valence-corrected chi connectivity index (χ2v) is 13.9. The van der Waals surface area contributed by atoms with Gasteiger partial charge in [0, 0.05) is 44.2 Å². The smallest absolute Gasteiger partial charge is 0.0450 e. The number of anilines is 2. The maximum Gasteiger partial charge on any atom is 0.0450 e. The number of hydrogen-bond acceptors (Lipinski definition) is 3. The summed E-state index contributed by atoms with van der Waals surface area (Å²) in [5.41, 5.74) is 17.2. The first kappa shape index (κ1) is 30.8. The third-order valence-corrected chi connectivity index (χ3v) is 10.5. The molecule has 0 radical (unpaired) electrons. The molecule has 3 heteroatoms. The molecule has 3 aromatic carbocycles. The maximum absolute atomic E-state index is 6.03. The Morgan fingerprint density at radius 1 is 0.977 bits per heavy atom. The van der Waals surface area contributed by atoms with Gasteiger partial charge in [-0.15, -0.1) is 0 Å². The number of rotatable bonds is 8. The van der Waals surface area contributed by atoms with Crippen LogP contribution in [0.5, 0.6) is 0 Å². The molecule has 1 heterocycles. The van der Waals surface area contributed by atoms with Gasteiger partial charge in [0.15, 0.2) is 0 Å². The molecule has 43 heavy (non-hydrogen) atoms. The van der Waals surface area contributed by atoms with E-state index in [1.54, 1.807) is 0 Å². The van der Waals surface area contributed by atoms with Gasteiger partial charge >= 0.3 is 0 Å². The van der Waals surface area contributed by atoms with E-state index in [1.807, 2.05) is 23.9 Å². The minimum atomic E-state index is -0.156. The van der Waals surface area contributed by atoms with Crippen molar-refractivity contribution in [1.29, 1.82) is 0 Å². The highest BCUT2D eigenvalue weighted by molar-refractivity contribution is 8.03. The Balaban J connectivity index is 1.54. The molecule has 0 saturated carbocycles. The van der Waals surface area contributed by atoms with Crippen LogP contribution in [0, 0.1) is 6.92 Å². The van der Waals surface area contributed by atoms with E-state index in [4.69, 9.17) is 5.73 Å². The fourth-order valence-corrected chi connectivity index (χ4v) is 7.63. The molecular formula is C40H46N2S. The van der Waals surface area contributed by atoms with Crippen LogP contribution in [-0.2, 0) is 10.8 Å². The molecule has 0 aromatic heterocycles. The highest BCUT2D eigenvalue weighted by Gasteiger charge is 2.38. The number of nitrogen functional groups attached to an aromatic ring is 1. The summed E-state index contributed by atoms with van der Waals surface area (Å²) in [6.07, 6.45) is 12.6. The lowest BCUT2D eigenvalue weighted by Crippen LogP contribution is -2.25. The number of thioether (sulfide) groups is 1. The molecule has 2 N–H and O–H groups in total. The Kier molecular flexibility index (Phi) is 8.94. The molecule has 0 saturated heterocycles. The standard InChI is InChI=1S/C40H46N2S/c1-8-42-36-19-12-11-18-35(36)40(6,7)37(42)27-22-31-16-13-15-30(38(31)43-33-25-23-32(41)24-26-33)21-20-29(3)39(4,5)34-17-10-9-14-28(34)2/h9-12,14,17-27H,3,8,13,15-16,41H2,1-2,4-7H3/b21-20+,31-22+,37-27+. The van der Waals surface area contributed by atoms with Crippen LogP contribution in [0.25, 0.3) is 0 Å². The number of para-hydroxylation sites is 1. The number of hydrogen-bond donors (Lipinski definition) is 1. The van der Waals surface area contributed by atoms with Gasteiger partial charge in [0.25, 0.3) is 0 Å². The third kappa shape index (κ3) is 6.19. The monoisotopic (exact) mass is 586 g/mol. The summed E-state index contributed by atoms with van der Waals surface area (Å²) in [4.78, 5) is 5.03. The Hall–Kier alpha value is -3.69. The van der Waals surface area contributed by atoms with E-state index in [0.29, 0.717) is 0 Å². The first-order valence-electron chi connectivity index (χ1n) is 15.5. The number of nitrogens with zero attached hydrogens (tertiary/aromatic N) is 1. The molecule has 2 aliphatic rings. The molecule has 5 rings (SSSR count). The maximum atomic E-state index is 6.03. The van der Waals surface area contributed by atoms with Crippen LogP contribution in [0.3, 0.4) is 0 Å². The van der Waals surface area contributed by atoms with E-state index in [0.717, 1.165) is 37.1 Å². The summed E-state index contributed by atoms with van der Waals surface area (Å²) in [5.74, 6) is 0. The zero-order chi connectivity index (χ0) is 30.8. The number of aryl methyl sites for hydroxylation is 1. The molecular weight excluding hydrogens is 541 g/mol. The van der Waals surface area contributed by atoms with Gasteiger partial charge in [-0.1, -0.05) is 107 Å². The lowest BCUT2D eigenvalue weighted by molar-refractivity contribution is 0.633. The van der Waals surface area contributed by atoms with Crippen LogP contribution in [0.2, 0.25) is 0 Å². The first-order valence-corrected chi connectivity index (χ1v) is 16.3. The van der Waals surface area contributed by atoms with Crippen molar-refractivity contribution in [2.24, 2.45) is 0 Å². The largest absolute Gasteiger partial charge is 0.399 e. The molecule has 3 aromatic rings. The minimum absolute atomic E-state index is 0.0477. The van der Waals surface area contributed by atoms with E-state index in [9.17, 15) is 0 Å². The molecule has 0 unspecified atom stereocenters. The number of nitrogens with two attached hydrogens (primary N) is 1. The van der Waals surface area contributed by atoms with Crippen LogP contribution in [0.4, 0.5) is 11.4 Å². The molecule has 0 amide bonds. The minimum Gasteiger partial charge on any atom is -0.399 e. The van der Waals surface area contributed by atoms with Crippen LogP contribution < -0.4 is 10.6 Å². The number of allylic oxidation sites excluding steroid dienone is 8. The predicted molar refractivity (Wildman–Crippen MR) is 189 cm³/mol. The van der Waals surface area contributed by atoms with Gasteiger partial charge in [0.1, 0.15) is 0 Å². The summed E-state index contributed by atoms with van der Waals surface area (Å²) in [6, 6.07) is 25.8. The van der Waals surface area contributed by atoms with Gasteiger partial charge < -0.3 is 10.6 Å². The van der Waals surface area contributed by atoms with E-state index in [1.165, 1.54) is 49.0 Å². The van der Waals surface area contributed by atoms with Gasteiger partial charge in [0.05, 0.1) is 0 Å². The Labute approximate surface area is 263 Å². The Bertz CT molecular complexity index is 1630. The molecule has 2 nitrogen and oxygen atoms in total. The Morgan fingerprint density at radius 2 is 1.67 bits per heavy atom. The summed E-state index contributed by atoms with van der Waals surface area (Å²) in [5, 5.41) is 0. The van der Waals surface area contributed by atoms with Crippen molar-refractivity contribution in [1.82, 2.24) is 0 Å². The lowest BCUT2D eigenvalue weighted by atomic mass is 9.76. The van der Waals surface area contributed by atoms with Gasteiger partial charge in [-0.05, 0) is 103 Å². The zero-order valence-corrected chi connectivity index (χ0v) is 27.5. The zero-order valence-electron chi connectivity index (χ0n) is 26.7. The van der Waals surface area contributed by atoms with Crippen LogP contribution in [0.1, 0.15) is 70.6 Å². The lowest BCUT2D eigenvalue weighted by Gasteiger charge is -2.28. The first-order chi connectivity index (χ1) is 20.5. The molecule has 0 fully saturated rings. The Morgan fingerprint density at radius 3 is 2.40 bits per heavy atom. The van der Waals surface area contributed by atoms with Crippen LogP contribution in [-0.4, -0.2) is 6.54 Å². The number of likely N-dealkylation sites (N-methyl/N-ethyl adjacent to an activating group) is 1. The van der Waals surface area contributed by atoms with Gasteiger partial charge in [0.2, 0.25) is 0 Å². The summed E-state index contributed by atoms with van der Waals surface area (Å²) < 4.78 is 0. The quantitative estimate of drug-likeness (QED) is 0.210. The van der Waals surface area contributed by atoms with Gasteiger partial charge in [-0.2, -0.15) is 0 Å². The van der Waals surface area contributed by atoms with Crippen molar-refractivity contribution >= 4 is 23.1 Å². The van der Waals surface area contributed by atoms with E-state index in [2.05, 4.69) is 138 Å². The highest BCUT2D eigenvalue weighted by atomic mass is 32.2. The number of benzene rings is 3. The summed E-state index contributed by atoms with van der Waals surface area (Å²) >= 11 is 1.86. The molecule has 1 aliphatic carbocycles. The fraction of sp³-hybridized carbons (Fsp3) is 0.300.